The van der Waals surface area contributed by atoms with Crippen molar-refractivity contribution in [1.29, 1.82) is 0 Å². The molecule has 0 aromatic heterocycles. The second-order valence-corrected chi connectivity index (χ2v) is 2.99. The van der Waals surface area contributed by atoms with Crippen LogP contribution in [0.4, 0.5) is 0 Å². The van der Waals surface area contributed by atoms with Crippen LogP contribution in [0, 0.1) is 0 Å². The Balaban J connectivity index is 0. The lowest BCUT2D eigenvalue weighted by atomic mass is 10.5. The van der Waals surface area contributed by atoms with Crippen molar-refractivity contribution in [1.82, 2.24) is 0 Å². The van der Waals surface area contributed by atoms with Gasteiger partial charge >= 0.3 is 13.8 Å². The summed E-state index contributed by atoms with van der Waals surface area (Å²) in [5.41, 5.74) is 0. The molecule has 0 radical (unpaired) electrons. The Morgan fingerprint density at radius 1 is 1.43 bits per heavy atom. The first-order chi connectivity index (χ1) is 6.31. The summed E-state index contributed by atoms with van der Waals surface area (Å²) in [6.07, 6.45) is 1.58. The molecule has 0 bridgehead atoms. The van der Waals surface area contributed by atoms with Crippen molar-refractivity contribution in [3.63, 3.8) is 0 Å². The molecule has 0 fully saturated rings. The molecule has 0 saturated carbocycles. The van der Waals surface area contributed by atoms with Gasteiger partial charge < -0.3 is 24.5 Å². The predicted molar refractivity (Wildman–Crippen MR) is 47.1 cm³/mol. The van der Waals surface area contributed by atoms with Crippen LogP contribution in [0.3, 0.4) is 0 Å². The average Bonchev–Trinajstić information content (AvgIpc) is 2.01. The van der Waals surface area contributed by atoms with Crippen LogP contribution in [-0.2, 0) is 14.1 Å². The summed E-state index contributed by atoms with van der Waals surface area (Å²) in [5.74, 6) is -0.441. The van der Waals surface area contributed by atoms with Gasteiger partial charge in [-0.05, 0) is 0 Å². The summed E-state index contributed by atoms with van der Waals surface area (Å²) in [6.45, 7) is 3.51. The number of rotatable bonds is 4. The number of carbonyl (C=O) groups excluding carboxylic acids is 1. The van der Waals surface area contributed by atoms with E-state index >= 15 is 0 Å². The van der Waals surface area contributed by atoms with Crippen molar-refractivity contribution in [2.24, 2.45) is 0 Å². The molecule has 84 valence electrons. The maximum absolute atomic E-state index is 10.3. The lowest BCUT2D eigenvalue weighted by molar-refractivity contribution is -0.137. The van der Waals surface area contributed by atoms with E-state index in [4.69, 9.17) is 24.4 Å². The molecule has 0 unspecified atom stereocenters. The van der Waals surface area contributed by atoms with Gasteiger partial charge in [0.25, 0.3) is 0 Å². The highest BCUT2D eigenvalue weighted by Crippen LogP contribution is 2.25. The number of aliphatic hydroxyl groups is 1. The van der Waals surface area contributed by atoms with E-state index in [2.05, 4.69) is 11.3 Å². The SMILES string of the molecule is C=CC(=O)OCCCO.O=P(O)(O)O. The van der Waals surface area contributed by atoms with E-state index in [9.17, 15) is 4.79 Å². The Morgan fingerprint density at radius 3 is 2.14 bits per heavy atom. The third-order valence-corrected chi connectivity index (χ3v) is 0.713. The number of phosphoric acid groups is 1. The second-order valence-electron chi connectivity index (χ2n) is 1.96. The molecule has 0 rings (SSSR count). The molecule has 0 aliphatic carbocycles. The highest BCUT2D eigenvalue weighted by Gasteiger charge is 2.00. The minimum absolute atomic E-state index is 0.0461. The Kier molecular flexibility index (Phi) is 9.96. The molecule has 0 aliphatic rings. The van der Waals surface area contributed by atoms with E-state index in [1.165, 1.54) is 0 Å². The zero-order valence-corrected chi connectivity index (χ0v) is 8.26. The monoisotopic (exact) mass is 228 g/mol. The first-order valence-corrected chi connectivity index (χ1v) is 5.06. The molecule has 7 nitrogen and oxygen atoms in total. The summed E-state index contributed by atoms with van der Waals surface area (Å²) < 4.78 is 13.4. The van der Waals surface area contributed by atoms with Gasteiger partial charge in [-0.15, -0.1) is 0 Å². The molecule has 0 aromatic carbocycles. The Labute approximate surface area is 80.9 Å². The van der Waals surface area contributed by atoms with Gasteiger partial charge in [-0.25, -0.2) is 9.36 Å². The van der Waals surface area contributed by atoms with Gasteiger partial charge in [-0.2, -0.15) is 0 Å². The number of esters is 1. The van der Waals surface area contributed by atoms with Crippen LogP contribution < -0.4 is 0 Å². The number of ether oxygens (including phenoxy) is 1. The fourth-order valence-corrected chi connectivity index (χ4v) is 0.296. The molecular formula is C6H13O7P. The number of carbonyl (C=O) groups is 1. The second kappa shape index (κ2) is 8.86. The summed E-state index contributed by atoms with van der Waals surface area (Å²) in [7, 11) is -4.64. The van der Waals surface area contributed by atoms with Crippen molar-refractivity contribution in [2.75, 3.05) is 13.2 Å². The highest BCUT2D eigenvalue weighted by atomic mass is 31.2. The van der Waals surface area contributed by atoms with E-state index in [-0.39, 0.29) is 13.2 Å². The zero-order chi connectivity index (χ0) is 11.6. The molecule has 0 heterocycles. The van der Waals surface area contributed by atoms with Crippen molar-refractivity contribution in [3.8, 4) is 0 Å². The third-order valence-electron chi connectivity index (χ3n) is 0.713. The van der Waals surface area contributed by atoms with Gasteiger partial charge in [0.05, 0.1) is 6.61 Å². The standard InChI is InChI=1S/C6H10O3.H3O4P/c1-2-6(8)9-5-3-4-7;1-5(2,3)4/h2,7H,1,3-5H2;(H3,1,2,3,4). The maximum atomic E-state index is 10.3. The molecule has 0 aliphatic heterocycles. The van der Waals surface area contributed by atoms with Crippen LogP contribution in [0.15, 0.2) is 12.7 Å². The van der Waals surface area contributed by atoms with Gasteiger partial charge in [-0.1, -0.05) is 6.58 Å². The summed E-state index contributed by atoms with van der Waals surface area (Å²) in [6, 6.07) is 0. The average molecular weight is 228 g/mol. The molecule has 14 heavy (non-hydrogen) atoms. The van der Waals surface area contributed by atoms with E-state index in [0.717, 1.165) is 6.08 Å². The van der Waals surface area contributed by atoms with Crippen molar-refractivity contribution >= 4 is 13.8 Å². The molecule has 8 heteroatoms. The lowest BCUT2D eigenvalue weighted by Crippen LogP contribution is -2.02. The largest absolute Gasteiger partial charge is 0.466 e. The van der Waals surface area contributed by atoms with Crippen molar-refractivity contribution in [3.05, 3.63) is 12.7 Å². The Morgan fingerprint density at radius 2 is 1.86 bits per heavy atom. The molecule has 0 spiro atoms. The summed E-state index contributed by atoms with van der Waals surface area (Å²) >= 11 is 0. The Hall–Kier alpha value is -0.720. The summed E-state index contributed by atoms with van der Waals surface area (Å²) in [5, 5.41) is 8.23. The van der Waals surface area contributed by atoms with Gasteiger partial charge in [0.1, 0.15) is 0 Å². The van der Waals surface area contributed by atoms with Crippen molar-refractivity contribution in [2.45, 2.75) is 6.42 Å². The van der Waals surface area contributed by atoms with Gasteiger partial charge in [0.15, 0.2) is 0 Å². The quantitative estimate of drug-likeness (QED) is 0.214. The molecule has 0 atom stereocenters. The van der Waals surface area contributed by atoms with Crippen LogP contribution in [0.5, 0.6) is 0 Å². The van der Waals surface area contributed by atoms with E-state index < -0.39 is 13.8 Å². The Bertz CT molecular complexity index is 200. The number of hydrogen-bond donors (Lipinski definition) is 4. The summed E-state index contributed by atoms with van der Waals surface area (Å²) in [4.78, 5) is 31.8. The number of hydrogen-bond acceptors (Lipinski definition) is 4. The minimum Gasteiger partial charge on any atom is -0.462 e. The van der Waals surface area contributed by atoms with E-state index in [1.807, 2.05) is 0 Å². The van der Waals surface area contributed by atoms with E-state index in [1.54, 1.807) is 0 Å². The molecule has 0 saturated heterocycles. The highest BCUT2D eigenvalue weighted by molar-refractivity contribution is 7.45. The van der Waals surface area contributed by atoms with Crippen molar-refractivity contribution < 1.29 is 33.9 Å². The van der Waals surface area contributed by atoms with Crippen LogP contribution in [-0.4, -0.2) is 39.0 Å². The maximum Gasteiger partial charge on any atom is 0.466 e. The lowest BCUT2D eigenvalue weighted by Gasteiger charge is -1.96. The normalized spacial score (nSPS) is 9.71. The van der Waals surface area contributed by atoms with Crippen LogP contribution in [0.25, 0.3) is 0 Å². The fourth-order valence-electron chi connectivity index (χ4n) is 0.296. The molecule has 0 aromatic rings. The smallest absolute Gasteiger partial charge is 0.462 e. The fraction of sp³-hybridized carbons (Fsp3) is 0.500. The van der Waals surface area contributed by atoms with E-state index in [0.29, 0.717) is 6.42 Å². The van der Waals surface area contributed by atoms with Gasteiger partial charge in [-0.3, -0.25) is 0 Å². The molecule has 4 N–H and O–H groups in total. The first kappa shape index (κ1) is 15.7. The van der Waals surface area contributed by atoms with Crippen LogP contribution in [0.1, 0.15) is 6.42 Å². The van der Waals surface area contributed by atoms with Gasteiger partial charge in [0.2, 0.25) is 0 Å². The molecular weight excluding hydrogens is 215 g/mol. The third kappa shape index (κ3) is 30.2. The zero-order valence-electron chi connectivity index (χ0n) is 7.37. The van der Waals surface area contributed by atoms with Crippen LogP contribution in [0.2, 0.25) is 0 Å². The topological polar surface area (TPSA) is 124 Å². The number of aliphatic hydroxyl groups excluding tert-OH is 1. The van der Waals surface area contributed by atoms with Crippen LogP contribution >= 0.6 is 7.82 Å². The predicted octanol–water partition coefficient (Wildman–Crippen LogP) is -0.831. The first-order valence-electron chi connectivity index (χ1n) is 3.49. The minimum atomic E-state index is -4.64. The molecule has 0 amide bonds. The van der Waals surface area contributed by atoms with Gasteiger partial charge in [0, 0.05) is 19.1 Å².